The van der Waals surface area contributed by atoms with Crippen LogP contribution in [0.15, 0.2) is 11.6 Å². The van der Waals surface area contributed by atoms with Crippen LogP contribution in [-0.4, -0.2) is 37.6 Å². The van der Waals surface area contributed by atoms with E-state index in [9.17, 15) is 0 Å². The molecule has 2 aliphatic rings. The van der Waals surface area contributed by atoms with Crippen LogP contribution in [0, 0.1) is 0 Å². The first-order chi connectivity index (χ1) is 7.45. The van der Waals surface area contributed by atoms with E-state index in [1.165, 1.54) is 64.7 Å². The average molecular weight is 208 g/mol. The van der Waals surface area contributed by atoms with Crippen molar-refractivity contribution in [1.29, 1.82) is 0 Å². The molecule has 0 radical (unpaired) electrons. The molecule has 0 amide bonds. The van der Waals surface area contributed by atoms with Crippen LogP contribution < -0.4 is 5.32 Å². The first kappa shape index (κ1) is 11.2. The van der Waals surface area contributed by atoms with E-state index in [0.29, 0.717) is 0 Å². The van der Waals surface area contributed by atoms with Crippen LogP contribution >= 0.6 is 0 Å². The van der Waals surface area contributed by atoms with Gasteiger partial charge in [0.1, 0.15) is 0 Å². The predicted molar refractivity (Wildman–Crippen MR) is 65.1 cm³/mol. The molecular weight excluding hydrogens is 184 g/mol. The topological polar surface area (TPSA) is 15.3 Å². The fourth-order valence-electron chi connectivity index (χ4n) is 2.55. The molecule has 2 nitrogen and oxygen atoms in total. The maximum atomic E-state index is 3.45. The summed E-state index contributed by atoms with van der Waals surface area (Å²) >= 11 is 0. The van der Waals surface area contributed by atoms with Gasteiger partial charge >= 0.3 is 0 Å². The molecule has 86 valence electrons. The van der Waals surface area contributed by atoms with E-state index in [1.54, 1.807) is 5.57 Å². The molecule has 1 fully saturated rings. The highest BCUT2D eigenvalue weighted by Gasteiger charge is 2.10. The standard InChI is InChI=1S/C13H24N2/c1-2-4-10-15(9-3-1)11-7-13-6-5-8-14-12-13/h6,14H,1-5,7-12H2. The van der Waals surface area contributed by atoms with Gasteiger partial charge in [0, 0.05) is 13.1 Å². The molecule has 0 spiro atoms. The van der Waals surface area contributed by atoms with E-state index in [4.69, 9.17) is 0 Å². The lowest BCUT2D eigenvalue weighted by atomic mass is 10.1. The highest BCUT2D eigenvalue weighted by Crippen LogP contribution is 2.12. The quantitative estimate of drug-likeness (QED) is 0.715. The van der Waals surface area contributed by atoms with Gasteiger partial charge in [-0.2, -0.15) is 0 Å². The third kappa shape index (κ3) is 3.96. The zero-order chi connectivity index (χ0) is 10.3. The van der Waals surface area contributed by atoms with Crippen molar-refractivity contribution in [2.75, 3.05) is 32.7 Å². The Balaban J connectivity index is 1.69. The van der Waals surface area contributed by atoms with E-state index < -0.39 is 0 Å². The van der Waals surface area contributed by atoms with Crippen molar-refractivity contribution < 1.29 is 0 Å². The SMILES string of the molecule is C1=C(CCN2CCCCCC2)CNCC1. The second-order valence-electron chi connectivity index (χ2n) is 4.83. The molecule has 15 heavy (non-hydrogen) atoms. The van der Waals surface area contributed by atoms with Crippen molar-refractivity contribution >= 4 is 0 Å². The van der Waals surface area contributed by atoms with E-state index in [2.05, 4.69) is 16.3 Å². The Hall–Kier alpha value is -0.340. The average Bonchev–Trinajstić information content (AvgIpc) is 2.56. The molecule has 0 aromatic rings. The van der Waals surface area contributed by atoms with Crippen molar-refractivity contribution in [2.45, 2.75) is 38.5 Å². The lowest BCUT2D eigenvalue weighted by molar-refractivity contribution is 0.287. The van der Waals surface area contributed by atoms with Gasteiger partial charge in [0.25, 0.3) is 0 Å². The molecule has 0 bridgehead atoms. The molecule has 2 rings (SSSR count). The van der Waals surface area contributed by atoms with Gasteiger partial charge in [-0.25, -0.2) is 0 Å². The highest BCUT2D eigenvalue weighted by atomic mass is 15.1. The number of hydrogen-bond acceptors (Lipinski definition) is 2. The molecule has 0 aliphatic carbocycles. The van der Waals surface area contributed by atoms with Gasteiger partial charge in [-0.3, -0.25) is 0 Å². The summed E-state index contributed by atoms with van der Waals surface area (Å²) in [5.74, 6) is 0. The molecule has 0 aromatic heterocycles. The lowest BCUT2D eigenvalue weighted by Gasteiger charge is -2.21. The summed E-state index contributed by atoms with van der Waals surface area (Å²) in [6, 6.07) is 0. The summed E-state index contributed by atoms with van der Waals surface area (Å²) in [4.78, 5) is 2.66. The van der Waals surface area contributed by atoms with Crippen LogP contribution in [0.1, 0.15) is 38.5 Å². The van der Waals surface area contributed by atoms with Gasteiger partial charge in [0.05, 0.1) is 0 Å². The molecule has 0 atom stereocenters. The minimum atomic E-state index is 1.13. The predicted octanol–water partition coefficient (Wildman–Crippen LogP) is 2.17. The van der Waals surface area contributed by atoms with E-state index in [-0.39, 0.29) is 0 Å². The lowest BCUT2D eigenvalue weighted by Crippen LogP contribution is -2.28. The van der Waals surface area contributed by atoms with Crippen molar-refractivity contribution in [3.8, 4) is 0 Å². The molecule has 2 heterocycles. The molecule has 0 saturated carbocycles. The van der Waals surface area contributed by atoms with Crippen molar-refractivity contribution in [3.63, 3.8) is 0 Å². The monoisotopic (exact) mass is 208 g/mol. The molecule has 2 heteroatoms. The van der Waals surface area contributed by atoms with Crippen LogP contribution in [0.4, 0.5) is 0 Å². The maximum absolute atomic E-state index is 3.45. The van der Waals surface area contributed by atoms with Gasteiger partial charge in [-0.05, 0) is 45.3 Å². The zero-order valence-corrected chi connectivity index (χ0v) is 9.80. The Morgan fingerprint density at radius 3 is 2.60 bits per heavy atom. The number of hydrogen-bond donors (Lipinski definition) is 1. The maximum Gasteiger partial charge on any atom is 0.0165 e. The fraction of sp³-hybridized carbons (Fsp3) is 0.846. The Labute approximate surface area is 93.7 Å². The van der Waals surface area contributed by atoms with Gasteiger partial charge in [0.2, 0.25) is 0 Å². The number of likely N-dealkylation sites (tertiary alicyclic amines) is 1. The Morgan fingerprint density at radius 1 is 1.13 bits per heavy atom. The summed E-state index contributed by atoms with van der Waals surface area (Å²) in [5, 5.41) is 3.45. The third-order valence-electron chi connectivity index (χ3n) is 3.55. The first-order valence-electron chi connectivity index (χ1n) is 6.56. The van der Waals surface area contributed by atoms with E-state index in [0.717, 1.165) is 6.54 Å². The fourth-order valence-corrected chi connectivity index (χ4v) is 2.55. The van der Waals surface area contributed by atoms with E-state index in [1.807, 2.05) is 0 Å². The second-order valence-corrected chi connectivity index (χ2v) is 4.83. The molecule has 0 aromatic carbocycles. The highest BCUT2D eigenvalue weighted by molar-refractivity contribution is 5.07. The largest absolute Gasteiger partial charge is 0.313 e. The molecular formula is C13H24N2. The van der Waals surface area contributed by atoms with Gasteiger partial charge in [0.15, 0.2) is 0 Å². The molecule has 0 unspecified atom stereocenters. The normalized spacial score (nSPS) is 24.7. The summed E-state index contributed by atoms with van der Waals surface area (Å²) < 4.78 is 0. The first-order valence-corrected chi connectivity index (χ1v) is 6.56. The number of nitrogens with zero attached hydrogens (tertiary/aromatic N) is 1. The van der Waals surface area contributed by atoms with Crippen LogP contribution in [-0.2, 0) is 0 Å². The number of nitrogens with one attached hydrogen (secondary N) is 1. The Morgan fingerprint density at radius 2 is 1.93 bits per heavy atom. The summed E-state index contributed by atoms with van der Waals surface area (Å²) in [7, 11) is 0. The number of rotatable bonds is 3. The Bertz CT molecular complexity index is 203. The summed E-state index contributed by atoms with van der Waals surface area (Å²) in [6.07, 6.45) is 10.7. The van der Waals surface area contributed by atoms with Crippen molar-refractivity contribution in [1.82, 2.24) is 10.2 Å². The summed E-state index contributed by atoms with van der Waals surface area (Å²) in [6.45, 7) is 6.26. The van der Waals surface area contributed by atoms with E-state index >= 15 is 0 Å². The van der Waals surface area contributed by atoms with Crippen LogP contribution in [0.25, 0.3) is 0 Å². The van der Waals surface area contributed by atoms with Crippen LogP contribution in [0.3, 0.4) is 0 Å². The van der Waals surface area contributed by atoms with Crippen LogP contribution in [0.2, 0.25) is 0 Å². The molecule has 2 aliphatic heterocycles. The third-order valence-corrected chi connectivity index (χ3v) is 3.55. The second kappa shape index (κ2) is 6.29. The smallest absolute Gasteiger partial charge is 0.0165 e. The van der Waals surface area contributed by atoms with Gasteiger partial charge in [-0.15, -0.1) is 0 Å². The Kier molecular flexibility index (Phi) is 4.68. The van der Waals surface area contributed by atoms with Gasteiger partial charge in [-0.1, -0.05) is 24.5 Å². The zero-order valence-electron chi connectivity index (χ0n) is 9.80. The van der Waals surface area contributed by atoms with Gasteiger partial charge < -0.3 is 10.2 Å². The molecule has 1 N–H and O–H groups in total. The van der Waals surface area contributed by atoms with Crippen molar-refractivity contribution in [2.24, 2.45) is 0 Å². The van der Waals surface area contributed by atoms with Crippen LogP contribution in [0.5, 0.6) is 0 Å². The minimum absolute atomic E-state index is 1.13. The summed E-state index contributed by atoms with van der Waals surface area (Å²) in [5.41, 5.74) is 1.63. The minimum Gasteiger partial charge on any atom is -0.313 e. The van der Waals surface area contributed by atoms with Crippen molar-refractivity contribution in [3.05, 3.63) is 11.6 Å². The molecule has 1 saturated heterocycles.